The summed E-state index contributed by atoms with van der Waals surface area (Å²) in [6, 6.07) is 7.69. The van der Waals surface area contributed by atoms with Gasteiger partial charge in [-0.15, -0.1) is 16.9 Å². The van der Waals surface area contributed by atoms with Gasteiger partial charge >= 0.3 is 0 Å². The summed E-state index contributed by atoms with van der Waals surface area (Å²) in [5, 5.41) is 8.75. The largest absolute Gasteiger partial charge is 0.322 e. The molecule has 0 bridgehead atoms. The number of aryl methyl sites for hydroxylation is 1. The van der Waals surface area contributed by atoms with Gasteiger partial charge in [-0.3, -0.25) is 0 Å². The van der Waals surface area contributed by atoms with Crippen molar-refractivity contribution < 1.29 is 0 Å². The molecule has 19 heavy (non-hydrogen) atoms. The molecule has 0 aliphatic carbocycles. The maximum atomic E-state index is 6.20. The number of thioether (sulfide) groups is 1. The van der Waals surface area contributed by atoms with Gasteiger partial charge in [0.05, 0.1) is 23.0 Å². The molecule has 2 rings (SSSR count). The van der Waals surface area contributed by atoms with E-state index in [-0.39, 0.29) is 6.04 Å². The van der Waals surface area contributed by atoms with Gasteiger partial charge in [-0.05, 0) is 18.6 Å². The van der Waals surface area contributed by atoms with Crippen molar-refractivity contribution >= 4 is 23.4 Å². The van der Waals surface area contributed by atoms with Crippen molar-refractivity contribution in [3.8, 4) is 0 Å². The Morgan fingerprint density at radius 3 is 2.95 bits per heavy atom. The molecule has 0 aliphatic rings. The molecule has 1 aromatic carbocycles. The average Bonchev–Trinajstić information content (AvgIpc) is 2.86. The fourth-order valence-electron chi connectivity index (χ4n) is 1.77. The lowest BCUT2D eigenvalue weighted by Crippen LogP contribution is -2.18. The zero-order chi connectivity index (χ0) is 13.7. The zero-order valence-electron chi connectivity index (χ0n) is 10.8. The van der Waals surface area contributed by atoms with Crippen LogP contribution in [-0.2, 0) is 6.54 Å². The van der Waals surface area contributed by atoms with Crippen LogP contribution in [0.3, 0.4) is 0 Å². The number of nitrogens with zero attached hydrogens (tertiary/aromatic N) is 3. The molecule has 2 aromatic rings. The minimum absolute atomic E-state index is 0.0946. The molecule has 0 saturated carbocycles. The molecule has 102 valence electrons. The first-order valence-corrected chi connectivity index (χ1v) is 7.60. The summed E-state index contributed by atoms with van der Waals surface area (Å²) in [5.41, 5.74) is 7.18. The van der Waals surface area contributed by atoms with Crippen LogP contribution in [0.15, 0.2) is 35.4 Å². The molecule has 0 saturated heterocycles. The minimum atomic E-state index is -0.0946. The van der Waals surface area contributed by atoms with Gasteiger partial charge in [0, 0.05) is 17.2 Å². The van der Waals surface area contributed by atoms with Crippen molar-refractivity contribution in [3.63, 3.8) is 0 Å². The van der Waals surface area contributed by atoms with Crippen LogP contribution in [0.2, 0.25) is 5.02 Å². The second kappa shape index (κ2) is 6.93. The molecule has 0 fully saturated rings. The second-order valence-corrected chi connectivity index (χ2v) is 5.70. The normalized spacial score (nSPS) is 12.6. The van der Waals surface area contributed by atoms with E-state index in [2.05, 4.69) is 17.2 Å². The van der Waals surface area contributed by atoms with Gasteiger partial charge < -0.3 is 5.73 Å². The van der Waals surface area contributed by atoms with Gasteiger partial charge in [-0.25, -0.2) is 4.68 Å². The van der Waals surface area contributed by atoms with Crippen LogP contribution < -0.4 is 5.73 Å². The third-order valence-corrected chi connectivity index (χ3v) is 4.35. The average molecular weight is 297 g/mol. The molecule has 1 heterocycles. The molecule has 4 nitrogen and oxygen atoms in total. The fourth-order valence-corrected chi connectivity index (χ4v) is 2.98. The van der Waals surface area contributed by atoms with Crippen LogP contribution in [0.4, 0.5) is 0 Å². The number of nitrogens with two attached hydrogens (primary N) is 1. The molecule has 1 atom stereocenters. The molecular formula is C13H17ClN4S. The first-order chi connectivity index (χ1) is 9.22. The third kappa shape index (κ3) is 3.72. The molecule has 0 spiro atoms. The minimum Gasteiger partial charge on any atom is -0.322 e. The molecule has 0 aliphatic heterocycles. The highest BCUT2D eigenvalue weighted by molar-refractivity contribution is 7.99. The Morgan fingerprint density at radius 2 is 2.21 bits per heavy atom. The highest BCUT2D eigenvalue weighted by Gasteiger charge is 2.13. The van der Waals surface area contributed by atoms with Crippen molar-refractivity contribution in [3.05, 3.63) is 41.2 Å². The third-order valence-electron chi connectivity index (χ3n) is 2.72. The van der Waals surface area contributed by atoms with Crippen molar-refractivity contribution in [2.24, 2.45) is 5.73 Å². The summed E-state index contributed by atoms with van der Waals surface area (Å²) in [6.45, 7) is 2.95. The summed E-state index contributed by atoms with van der Waals surface area (Å²) in [7, 11) is 0. The van der Waals surface area contributed by atoms with Crippen LogP contribution in [0.5, 0.6) is 0 Å². The molecule has 1 aromatic heterocycles. The van der Waals surface area contributed by atoms with Crippen molar-refractivity contribution in [2.75, 3.05) is 5.75 Å². The number of hydrogen-bond donors (Lipinski definition) is 1. The molecule has 1 unspecified atom stereocenters. The van der Waals surface area contributed by atoms with Crippen molar-refractivity contribution in [2.45, 2.75) is 30.8 Å². The monoisotopic (exact) mass is 296 g/mol. The van der Waals surface area contributed by atoms with Gasteiger partial charge in [0.1, 0.15) is 0 Å². The standard InChI is InChI=1S/C13H17ClN4S/c1-2-7-18-12(8-16-17-18)11(15)9-19-13-6-4-3-5-10(13)14/h3-6,8,11H,2,7,9,15H2,1H3. The lowest BCUT2D eigenvalue weighted by atomic mass is 10.2. The Balaban J connectivity index is 1.99. The number of aromatic nitrogens is 3. The van der Waals surface area contributed by atoms with E-state index in [1.165, 1.54) is 0 Å². The van der Waals surface area contributed by atoms with Crippen LogP contribution >= 0.6 is 23.4 Å². The highest BCUT2D eigenvalue weighted by atomic mass is 35.5. The van der Waals surface area contributed by atoms with E-state index in [9.17, 15) is 0 Å². The molecule has 0 radical (unpaired) electrons. The quantitative estimate of drug-likeness (QED) is 0.832. The van der Waals surface area contributed by atoms with Gasteiger partial charge in [0.2, 0.25) is 0 Å². The van der Waals surface area contributed by atoms with E-state index < -0.39 is 0 Å². The van der Waals surface area contributed by atoms with Crippen LogP contribution in [0.1, 0.15) is 25.1 Å². The van der Waals surface area contributed by atoms with Gasteiger partial charge in [0.25, 0.3) is 0 Å². The number of benzene rings is 1. The highest BCUT2D eigenvalue weighted by Crippen LogP contribution is 2.29. The summed E-state index contributed by atoms with van der Waals surface area (Å²) in [5.74, 6) is 0.751. The molecule has 0 amide bonds. The Morgan fingerprint density at radius 1 is 1.42 bits per heavy atom. The van der Waals surface area contributed by atoms with Crippen LogP contribution in [0, 0.1) is 0 Å². The smallest absolute Gasteiger partial charge is 0.0762 e. The van der Waals surface area contributed by atoms with Gasteiger partial charge in [0.15, 0.2) is 0 Å². The van der Waals surface area contributed by atoms with E-state index >= 15 is 0 Å². The molecule has 2 N–H and O–H groups in total. The molecular weight excluding hydrogens is 280 g/mol. The van der Waals surface area contributed by atoms with Crippen molar-refractivity contribution in [1.82, 2.24) is 15.0 Å². The Hall–Kier alpha value is -1.04. The SMILES string of the molecule is CCCn1nncc1C(N)CSc1ccccc1Cl. The summed E-state index contributed by atoms with van der Waals surface area (Å²) >= 11 is 7.78. The summed E-state index contributed by atoms with van der Waals surface area (Å²) < 4.78 is 1.87. The van der Waals surface area contributed by atoms with Crippen molar-refractivity contribution in [1.29, 1.82) is 0 Å². The first kappa shape index (κ1) is 14.4. The predicted molar refractivity (Wildman–Crippen MR) is 79.4 cm³/mol. The number of rotatable bonds is 6. The Bertz CT molecular complexity index is 529. The topological polar surface area (TPSA) is 56.7 Å². The maximum Gasteiger partial charge on any atom is 0.0762 e. The Labute approximate surface area is 122 Å². The fraction of sp³-hybridized carbons (Fsp3) is 0.385. The van der Waals surface area contributed by atoms with E-state index in [0.29, 0.717) is 0 Å². The van der Waals surface area contributed by atoms with E-state index in [0.717, 1.165) is 34.3 Å². The maximum absolute atomic E-state index is 6.20. The zero-order valence-corrected chi connectivity index (χ0v) is 12.4. The van der Waals surface area contributed by atoms with E-state index in [1.54, 1.807) is 18.0 Å². The van der Waals surface area contributed by atoms with Crippen LogP contribution in [0.25, 0.3) is 0 Å². The predicted octanol–water partition coefficient (Wildman–Crippen LogP) is 3.13. The Kier molecular flexibility index (Phi) is 5.24. The van der Waals surface area contributed by atoms with Gasteiger partial charge in [-0.1, -0.05) is 35.9 Å². The number of hydrogen-bond acceptors (Lipinski definition) is 4. The van der Waals surface area contributed by atoms with E-state index in [1.807, 2.05) is 28.9 Å². The van der Waals surface area contributed by atoms with Gasteiger partial charge in [-0.2, -0.15) is 0 Å². The number of halogens is 1. The first-order valence-electron chi connectivity index (χ1n) is 6.23. The lowest BCUT2D eigenvalue weighted by Gasteiger charge is -2.13. The summed E-state index contributed by atoms with van der Waals surface area (Å²) in [6.07, 6.45) is 2.76. The lowest BCUT2D eigenvalue weighted by molar-refractivity contribution is 0.539. The summed E-state index contributed by atoms with van der Waals surface area (Å²) in [4.78, 5) is 1.05. The van der Waals surface area contributed by atoms with E-state index in [4.69, 9.17) is 17.3 Å². The molecule has 6 heteroatoms. The van der Waals surface area contributed by atoms with Crippen LogP contribution in [-0.4, -0.2) is 20.7 Å². The second-order valence-electron chi connectivity index (χ2n) is 4.23.